The van der Waals surface area contributed by atoms with Crippen LogP contribution in [0.1, 0.15) is 16.7 Å². The van der Waals surface area contributed by atoms with Gasteiger partial charge in [0, 0.05) is 5.41 Å². The van der Waals surface area contributed by atoms with Gasteiger partial charge in [-0.1, -0.05) is 60.2 Å². The first kappa shape index (κ1) is 13.8. The molecule has 19 heavy (non-hydrogen) atoms. The van der Waals surface area contributed by atoms with Gasteiger partial charge in [-0.05, 0) is 24.5 Å². The number of benzene rings is 2. The number of aliphatic hydroxyl groups is 2. The maximum absolute atomic E-state index is 9.80. The van der Waals surface area contributed by atoms with Gasteiger partial charge in [-0.3, -0.25) is 0 Å². The van der Waals surface area contributed by atoms with Crippen molar-refractivity contribution in [2.45, 2.75) is 18.8 Å². The zero-order valence-corrected chi connectivity index (χ0v) is 11.2. The summed E-state index contributed by atoms with van der Waals surface area (Å²) >= 11 is 0. The normalized spacial score (nSPS) is 11.5. The molecule has 0 radical (unpaired) electrons. The molecule has 0 fully saturated rings. The van der Waals surface area contributed by atoms with Crippen molar-refractivity contribution >= 4 is 0 Å². The number of aliphatic hydroxyl groups excluding tert-OH is 2. The highest BCUT2D eigenvalue weighted by Crippen LogP contribution is 2.28. The molecular weight excluding hydrogens is 236 g/mol. The minimum atomic E-state index is -0.616. The highest BCUT2D eigenvalue weighted by molar-refractivity contribution is 5.32. The van der Waals surface area contributed by atoms with E-state index in [2.05, 4.69) is 0 Å². The summed E-state index contributed by atoms with van der Waals surface area (Å²) < 4.78 is 0. The van der Waals surface area contributed by atoms with Crippen molar-refractivity contribution < 1.29 is 10.2 Å². The molecule has 0 bridgehead atoms. The van der Waals surface area contributed by atoms with Gasteiger partial charge in [0.05, 0.1) is 13.2 Å². The van der Waals surface area contributed by atoms with E-state index in [0.29, 0.717) is 6.42 Å². The number of hydrogen-bond acceptors (Lipinski definition) is 2. The first-order valence-electron chi connectivity index (χ1n) is 6.53. The predicted octanol–water partition coefficient (Wildman–Crippen LogP) is 2.46. The van der Waals surface area contributed by atoms with Crippen molar-refractivity contribution in [1.82, 2.24) is 0 Å². The molecule has 2 aromatic carbocycles. The fourth-order valence-corrected chi connectivity index (χ4v) is 2.34. The lowest BCUT2D eigenvalue weighted by atomic mass is 9.76. The van der Waals surface area contributed by atoms with Crippen LogP contribution in [-0.4, -0.2) is 23.4 Å². The molecule has 0 unspecified atom stereocenters. The Hall–Kier alpha value is -1.64. The van der Waals surface area contributed by atoms with Crippen LogP contribution >= 0.6 is 0 Å². The Labute approximate surface area is 114 Å². The van der Waals surface area contributed by atoms with Crippen LogP contribution in [0.5, 0.6) is 0 Å². The monoisotopic (exact) mass is 256 g/mol. The van der Waals surface area contributed by atoms with Crippen LogP contribution < -0.4 is 0 Å². The minimum absolute atomic E-state index is 0.0680. The largest absolute Gasteiger partial charge is 0.395 e. The molecule has 0 saturated heterocycles. The lowest BCUT2D eigenvalue weighted by Gasteiger charge is -2.30. The molecule has 0 saturated carbocycles. The third-order valence-electron chi connectivity index (χ3n) is 3.65. The van der Waals surface area contributed by atoms with Crippen molar-refractivity contribution in [3.8, 4) is 0 Å². The molecule has 2 heteroatoms. The zero-order chi connectivity index (χ0) is 13.7. The molecule has 2 N–H and O–H groups in total. The van der Waals surface area contributed by atoms with Crippen molar-refractivity contribution in [3.05, 3.63) is 71.3 Å². The molecule has 2 aromatic rings. The fraction of sp³-hybridized carbons (Fsp3) is 0.294. The summed E-state index contributed by atoms with van der Waals surface area (Å²) in [6.45, 7) is 1.89. The molecule has 0 spiro atoms. The third-order valence-corrected chi connectivity index (χ3v) is 3.65. The van der Waals surface area contributed by atoms with E-state index in [1.807, 2.05) is 61.5 Å². The minimum Gasteiger partial charge on any atom is -0.395 e. The molecule has 0 aromatic heterocycles. The van der Waals surface area contributed by atoms with Crippen molar-refractivity contribution in [2.75, 3.05) is 13.2 Å². The van der Waals surface area contributed by atoms with Crippen molar-refractivity contribution in [1.29, 1.82) is 0 Å². The van der Waals surface area contributed by atoms with E-state index in [-0.39, 0.29) is 13.2 Å². The van der Waals surface area contributed by atoms with Crippen LogP contribution in [0.2, 0.25) is 0 Å². The summed E-state index contributed by atoms with van der Waals surface area (Å²) in [5.41, 5.74) is 2.65. The third kappa shape index (κ3) is 3.03. The topological polar surface area (TPSA) is 40.5 Å². The van der Waals surface area contributed by atoms with Crippen molar-refractivity contribution in [3.63, 3.8) is 0 Å². The Balaban J connectivity index is 2.34. The van der Waals surface area contributed by atoms with E-state index in [9.17, 15) is 10.2 Å². The van der Waals surface area contributed by atoms with E-state index in [1.165, 1.54) is 5.56 Å². The van der Waals surface area contributed by atoms with Crippen LogP contribution in [0.15, 0.2) is 54.6 Å². The van der Waals surface area contributed by atoms with Gasteiger partial charge in [-0.25, -0.2) is 0 Å². The molecule has 100 valence electrons. The van der Waals surface area contributed by atoms with E-state index in [0.717, 1.165) is 11.1 Å². The van der Waals surface area contributed by atoms with Gasteiger partial charge in [-0.2, -0.15) is 0 Å². The number of rotatable bonds is 5. The Morgan fingerprint density at radius 3 is 1.95 bits per heavy atom. The highest BCUT2D eigenvalue weighted by atomic mass is 16.3. The van der Waals surface area contributed by atoms with E-state index < -0.39 is 5.41 Å². The lowest BCUT2D eigenvalue weighted by Crippen LogP contribution is -2.37. The van der Waals surface area contributed by atoms with Gasteiger partial charge >= 0.3 is 0 Å². The van der Waals surface area contributed by atoms with Crippen LogP contribution in [-0.2, 0) is 11.8 Å². The summed E-state index contributed by atoms with van der Waals surface area (Å²) in [5.74, 6) is 0. The van der Waals surface area contributed by atoms with Crippen LogP contribution in [0, 0.1) is 6.92 Å². The Bertz CT molecular complexity index is 499. The first-order valence-corrected chi connectivity index (χ1v) is 6.53. The standard InChI is InChI=1S/C17H20O2/c1-14-7-9-16(10-8-14)17(12-18,13-19)11-15-5-3-2-4-6-15/h2-10,18-19H,11-13H2,1H3. The molecule has 0 aliphatic heterocycles. The maximum atomic E-state index is 9.80. The zero-order valence-electron chi connectivity index (χ0n) is 11.2. The SMILES string of the molecule is Cc1ccc(C(CO)(CO)Cc2ccccc2)cc1. The van der Waals surface area contributed by atoms with E-state index >= 15 is 0 Å². The van der Waals surface area contributed by atoms with Gasteiger partial charge in [0.1, 0.15) is 0 Å². The summed E-state index contributed by atoms with van der Waals surface area (Å²) in [7, 11) is 0. The average Bonchev–Trinajstić information content (AvgIpc) is 2.47. The van der Waals surface area contributed by atoms with Crippen LogP contribution in [0.4, 0.5) is 0 Å². The van der Waals surface area contributed by atoms with Gasteiger partial charge < -0.3 is 10.2 Å². The second-order valence-electron chi connectivity index (χ2n) is 5.12. The number of aryl methyl sites for hydroxylation is 1. The Kier molecular flexibility index (Phi) is 4.35. The average molecular weight is 256 g/mol. The van der Waals surface area contributed by atoms with Crippen LogP contribution in [0.3, 0.4) is 0 Å². The highest BCUT2D eigenvalue weighted by Gasteiger charge is 2.31. The van der Waals surface area contributed by atoms with Gasteiger partial charge in [0.15, 0.2) is 0 Å². The summed E-state index contributed by atoms with van der Waals surface area (Å²) in [5, 5.41) is 19.6. The molecule has 0 atom stereocenters. The maximum Gasteiger partial charge on any atom is 0.0553 e. The first-order chi connectivity index (χ1) is 9.20. The molecular formula is C17H20O2. The summed E-state index contributed by atoms with van der Waals surface area (Å²) in [6.07, 6.45) is 0.629. The molecule has 2 nitrogen and oxygen atoms in total. The van der Waals surface area contributed by atoms with E-state index in [4.69, 9.17) is 0 Å². The number of hydrogen-bond donors (Lipinski definition) is 2. The fourth-order valence-electron chi connectivity index (χ4n) is 2.34. The molecule has 0 heterocycles. The molecule has 0 amide bonds. The molecule has 0 aliphatic rings. The lowest BCUT2D eigenvalue weighted by molar-refractivity contribution is 0.116. The smallest absolute Gasteiger partial charge is 0.0553 e. The van der Waals surface area contributed by atoms with Gasteiger partial charge in [0.2, 0.25) is 0 Å². The Morgan fingerprint density at radius 1 is 0.842 bits per heavy atom. The van der Waals surface area contributed by atoms with Crippen LogP contribution in [0.25, 0.3) is 0 Å². The molecule has 0 aliphatic carbocycles. The Morgan fingerprint density at radius 2 is 1.42 bits per heavy atom. The van der Waals surface area contributed by atoms with E-state index in [1.54, 1.807) is 0 Å². The molecule has 2 rings (SSSR count). The quantitative estimate of drug-likeness (QED) is 0.862. The second kappa shape index (κ2) is 6.00. The summed E-state index contributed by atoms with van der Waals surface area (Å²) in [6, 6.07) is 18.0. The van der Waals surface area contributed by atoms with Crippen molar-refractivity contribution in [2.24, 2.45) is 0 Å². The second-order valence-corrected chi connectivity index (χ2v) is 5.12. The van der Waals surface area contributed by atoms with Gasteiger partial charge in [-0.15, -0.1) is 0 Å². The predicted molar refractivity (Wildman–Crippen MR) is 77.2 cm³/mol. The van der Waals surface area contributed by atoms with Gasteiger partial charge in [0.25, 0.3) is 0 Å². The summed E-state index contributed by atoms with van der Waals surface area (Å²) in [4.78, 5) is 0.